The summed E-state index contributed by atoms with van der Waals surface area (Å²) in [6.45, 7) is 4.22. The number of methoxy groups -OCH3 is 1. The van der Waals surface area contributed by atoms with Gasteiger partial charge in [0.1, 0.15) is 4.92 Å². The van der Waals surface area contributed by atoms with Gasteiger partial charge in [-0.2, -0.15) is 0 Å². The number of carbonyl (C=O) groups excluding carboxylic acids is 1. The fourth-order valence-electron chi connectivity index (χ4n) is 2.51. The molecule has 1 fully saturated rings. The molecule has 0 bridgehead atoms. The van der Waals surface area contributed by atoms with Gasteiger partial charge in [-0.1, -0.05) is 0 Å². The summed E-state index contributed by atoms with van der Waals surface area (Å²) < 4.78 is 9.94. The molecule has 0 spiro atoms. The summed E-state index contributed by atoms with van der Waals surface area (Å²) in [4.78, 5) is 24.1. The highest BCUT2D eigenvalue weighted by molar-refractivity contribution is 5.91. The number of nitro groups is 1. The second-order valence-corrected chi connectivity index (χ2v) is 5.38. The van der Waals surface area contributed by atoms with E-state index in [1.807, 2.05) is 0 Å². The standard InChI is InChI=1S/C14H21N3O5/c1-21-9-8-16-6-4-11(5-7-16)10-15-14(18)12-2-3-13(22-12)17(19)20/h2-3,11H,4-10H2,1H3,(H,15,18). The normalized spacial score (nSPS) is 16.6. The zero-order valence-electron chi connectivity index (χ0n) is 12.6. The monoisotopic (exact) mass is 311 g/mol. The second kappa shape index (κ2) is 7.90. The Morgan fingerprint density at radius 1 is 1.50 bits per heavy atom. The van der Waals surface area contributed by atoms with Crippen molar-refractivity contribution in [1.29, 1.82) is 0 Å². The summed E-state index contributed by atoms with van der Waals surface area (Å²) in [6.07, 6.45) is 2.03. The Balaban J connectivity index is 1.72. The van der Waals surface area contributed by atoms with Crippen molar-refractivity contribution in [3.63, 3.8) is 0 Å². The van der Waals surface area contributed by atoms with Crippen LogP contribution in [0.5, 0.6) is 0 Å². The summed E-state index contributed by atoms with van der Waals surface area (Å²) in [6, 6.07) is 2.50. The minimum Gasteiger partial charge on any atom is -0.395 e. The van der Waals surface area contributed by atoms with E-state index in [9.17, 15) is 14.9 Å². The second-order valence-electron chi connectivity index (χ2n) is 5.38. The lowest BCUT2D eigenvalue weighted by molar-refractivity contribution is -0.402. The maximum Gasteiger partial charge on any atom is 0.433 e. The molecule has 2 heterocycles. The maximum absolute atomic E-state index is 11.9. The van der Waals surface area contributed by atoms with Crippen molar-refractivity contribution < 1.29 is 18.9 Å². The number of carbonyl (C=O) groups is 1. The zero-order valence-corrected chi connectivity index (χ0v) is 12.6. The molecule has 2 rings (SSSR count). The quantitative estimate of drug-likeness (QED) is 0.601. The largest absolute Gasteiger partial charge is 0.433 e. The van der Waals surface area contributed by atoms with Crippen LogP contribution in [-0.4, -0.2) is 55.6 Å². The third kappa shape index (κ3) is 4.54. The predicted octanol–water partition coefficient (Wildman–Crippen LogP) is 1.28. The van der Waals surface area contributed by atoms with Crippen molar-refractivity contribution in [3.05, 3.63) is 28.0 Å². The van der Waals surface area contributed by atoms with Crippen LogP contribution in [0.2, 0.25) is 0 Å². The molecule has 0 saturated carbocycles. The Kier molecular flexibility index (Phi) is 5.91. The Hall–Kier alpha value is -1.93. The van der Waals surface area contributed by atoms with E-state index in [2.05, 4.69) is 10.2 Å². The number of nitrogens with one attached hydrogen (secondary N) is 1. The van der Waals surface area contributed by atoms with Crippen molar-refractivity contribution in [2.24, 2.45) is 5.92 Å². The lowest BCUT2D eigenvalue weighted by atomic mass is 9.97. The van der Waals surface area contributed by atoms with E-state index in [0.717, 1.165) is 39.1 Å². The molecule has 22 heavy (non-hydrogen) atoms. The van der Waals surface area contributed by atoms with Crippen molar-refractivity contribution in [2.75, 3.05) is 39.9 Å². The smallest absolute Gasteiger partial charge is 0.395 e. The number of ether oxygens (including phenoxy) is 1. The molecule has 1 aliphatic heterocycles. The van der Waals surface area contributed by atoms with Gasteiger partial charge in [0.15, 0.2) is 5.76 Å². The molecule has 1 aromatic heterocycles. The summed E-state index contributed by atoms with van der Waals surface area (Å²) in [7, 11) is 1.70. The number of nitrogens with zero attached hydrogens (tertiary/aromatic N) is 2. The van der Waals surface area contributed by atoms with Gasteiger partial charge in [-0.3, -0.25) is 14.9 Å². The first-order valence-electron chi connectivity index (χ1n) is 7.34. The Labute approximate surface area is 128 Å². The van der Waals surface area contributed by atoms with E-state index in [-0.39, 0.29) is 5.76 Å². The molecule has 122 valence electrons. The maximum atomic E-state index is 11.9. The van der Waals surface area contributed by atoms with Gasteiger partial charge in [0, 0.05) is 20.2 Å². The molecule has 0 unspecified atom stereocenters. The van der Waals surface area contributed by atoms with Gasteiger partial charge in [-0.25, -0.2) is 0 Å². The van der Waals surface area contributed by atoms with Crippen molar-refractivity contribution in [3.8, 4) is 0 Å². The van der Waals surface area contributed by atoms with Gasteiger partial charge in [-0.15, -0.1) is 0 Å². The molecule has 1 aliphatic rings. The summed E-state index contributed by atoms with van der Waals surface area (Å²) >= 11 is 0. The van der Waals surface area contributed by atoms with Crippen LogP contribution in [-0.2, 0) is 4.74 Å². The minimum atomic E-state index is -0.660. The number of furan rings is 1. The number of piperidine rings is 1. The van der Waals surface area contributed by atoms with Crippen LogP contribution >= 0.6 is 0 Å². The Morgan fingerprint density at radius 2 is 2.23 bits per heavy atom. The van der Waals surface area contributed by atoms with E-state index in [1.165, 1.54) is 12.1 Å². The zero-order chi connectivity index (χ0) is 15.9. The van der Waals surface area contributed by atoms with Crippen molar-refractivity contribution in [2.45, 2.75) is 12.8 Å². The van der Waals surface area contributed by atoms with Crippen LogP contribution in [0.4, 0.5) is 5.88 Å². The number of hydrogen-bond donors (Lipinski definition) is 1. The lowest BCUT2D eigenvalue weighted by Crippen LogP contribution is -2.39. The van der Waals surface area contributed by atoms with Crippen LogP contribution in [0.1, 0.15) is 23.4 Å². The Morgan fingerprint density at radius 3 is 2.82 bits per heavy atom. The van der Waals surface area contributed by atoms with Crippen LogP contribution in [0, 0.1) is 16.0 Å². The van der Waals surface area contributed by atoms with Crippen LogP contribution < -0.4 is 5.32 Å². The van der Waals surface area contributed by atoms with Gasteiger partial charge in [-0.05, 0) is 37.9 Å². The molecule has 0 radical (unpaired) electrons. The summed E-state index contributed by atoms with van der Waals surface area (Å²) in [5.41, 5.74) is 0. The minimum absolute atomic E-state index is 0.0239. The first kappa shape index (κ1) is 16.4. The predicted molar refractivity (Wildman–Crippen MR) is 78.7 cm³/mol. The van der Waals surface area contributed by atoms with Gasteiger partial charge in [0.25, 0.3) is 5.91 Å². The number of amides is 1. The third-order valence-corrected chi connectivity index (χ3v) is 3.87. The molecule has 0 atom stereocenters. The van der Waals surface area contributed by atoms with Crippen molar-refractivity contribution >= 4 is 11.8 Å². The molecule has 1 N–H and O–H groups in total. The molecule has 1 amide bonds. The highest BCUT2D eigenvalue weighted by atomic mass is 16.6. The molecule has 0 aliphatic carbocycles. The molecular formula is C14H21N3O5. The summed E-state index contributed by atoms with van der Waals surface area (Å²) in [5.74, 6) is -0.427. The van der Waals surface area contributed by atoms with Gasteiger partial charge in [0.2, 0.25) is 0 Å². The molecule has 8 heteroatoms. The van der Waals surface area contributed by atoms with E-state index in [4.69, 9.17) is 9.15 Å². The van der Waals surface area contributed by atoms with E-state index in [0.29, 0.717) is 12.5 Å². The fourth-order valence-corrected chi connectivity index (χ4v) is 2.51. The highest BCUT2D eigenvalue weighted by Crippen LogP contribution is 2.18. The SMILES string of the molecule is COCCN1CCC(CNC(=O)c2ccc([N+](=O)[O-])o2)CC1. The van der Waals surface area contributed by atoms with Gasteiger partial charge in [0.05, 0.1) is 12.7 Å². The molecule has 0 aromatic carbocycles. The first-order chi connectivity index (χ1) is 10.6. The average molecular weight is 311 g/mol. The fraction of sp³-hybridized carbons (Fsp3) is 0.643. The van der Waals surface area contributed by atoms with E-state index < -0.39 is 16.7 Å². The molecular weight excluding hydrogens is 290 g/mol. The van der Waals surface area contributed by atoms with Crippen LogP contribution in [0.3, 0.4) is 0 Å². The third-order valence-electron chi connectivity index (χ3n) is 3.87. The van der Waals surface area contributed by atoms with E-state index in [1.54, 1.807) is 7.11 Å². The van der Waals surface area contributed by atoms with Crippen LogP contribution in [0.25, 0.3) is 0 Å². The highest BCUT2D eigenvalue weighted by Gasteiger charge is 2.21. The Bertz CT molecular complexity index is 508. The molecule has 1 saturated heterocycles. The first-order valence-corrected chi connectivity index (χ1v) is 7.34. The number of likely N-dealkylation sites (tertiary alicyclic amines) is 1. The van der Waals surface area contributed by atoms with Gasteiger partial charge < -0.3 is 19.4 Å². The van der Waals surface area contributed by atoms with Crippen LogP contribution in [0.15, 0.2) is 16.5 Å². The number of hydrogen-bond acceptors (Lipinski definition) is 6. The van der Waals surface area contributed by atoms with Crippen molar-refractivity contribution in [1.82, 2.24) is 10.2 Å². The lowest BCUT2D eigenvalue weighted by Gasteiger charge is -2.31. The van der Waals surface area contributed by atoms with E-state index >= 15 is 0 Å². The number of rotatable bonds is 7. The average Bonchev–Trinajstić information content (AvgIpc) is 3.02. The molecule has 8 nitrogen and oxygen atoms in total. The topological polar surface area (TPSA) is 97.8 Å². The van der Waals surface area contributed by atoms with Gasteiger partial charge >= 0.3 is 5.88 Å². The molecule has 1 aromatic rings. The summed E-state index contributed by atoms with van der Waals surface area (Å²) in [5, 5.41) is 13.3.